The number of benzene rings is 6. The first kappa shape index (κ1) is 8.35. The van der Waals surface area contributed by atoms with Gasteiger partial charge in [-0.05, 0) is 38.4 Å². The van der Waals surface area contributed by atoms with E-state index in [9.17, 15) is 4.11 Å². The maximum Gasteiger partial charge on any atom is 0.164 e. The molecule has 7 rings (SSSR count). The van der Waals surface area contributed by atoms with E-state index in [0.717, 1.165) is 0 Å². The SMILES string of the molecule is [2H]c1c([2H])c([2H])c(-c2nc(-c3c([2H])c([2H])c([2H])c([2H])c3[2H])nc(-c3c([2H])c([2H])c4c5c([2H])c([2H])c([2H])c([2H])c5c5c([2H])c([2H])c([2H])c([2H])c5c4c3[2H])n2)c([2H])c1[2H]. The summed E-state index contributed by atoms with van der Waals surface area (Å²) in [6.07, 6.45) is 0. The van der Waals surface area contributed by atoms with Crippen LogP contribution in [0.25, 0.3) is 66.5 Å². The Balaban J connectivity index is 1.76. The van der Waals surface area contributed by atoms with Crippen LogP contribution >= 0.6 is 0 Å². The summed E-state index contributed by atoms with van der Waals surface area (Å²) in [7, 11) is 0. The van der Waals surface area contributed by atoms with Gasteiger partial charge in [-0.2, -0.15) is 0 Å². The lowest BCUT2D eigenvalue weighted by molar-refractivity contribution is 1.07. The van der Waals surface area contributed by atoms with Crippen molar-refractivity contribution in [3.05, 3.63) is 127 Å². The van der Waals surface area contributed by atoms with Crippen LogP contribution in [0.1, 0.15) is 28.8 Å². The second-order valence-electron chi connectivity index (χ2n) is 7.31. The molecule has 0 fully saturated rings. The van der Waals surface area contributed by atoms with E-state index in [0.29, 0.717) is 0 Å². The third-order valence-electron chi connectivity index (χ3n) is 5.24. The van der Waals surface area contributed by atoms with Crippen LogP contribution in [-0.2, 0) is 0 Å². The number of hydrogen-bond acceptors (Lipinski definition) is 3. The largest absolute Gasteiger partial charge is 0.208 e. The average Bonchev–Trinajstić information content (AvgIpc) is 3.18. The van der Waals surface area contributed by atoms with Crippen molar-refractivity contribution >= 4 is 32.3 Å². The second kappa shape index (κ2) is 8.40. The maximum atomic E-state index is 9.53. The summed E-state index contributed by atoms with van der Waals surface area (Å²) in [6.45, 7) is 0. The number of fused-ring (bicyclic) bond motifs is 6. The van der Waals surface area contributed by atoms with Crippen molar-refractivity contribution in [1.29, 1.82) is 0 Å². The summed E-state index contributed by atoms with van der Waals surface area (Å²) >= 11 is 0. The van der Waals surface area contributed by atoms with Gasteiger partial charge in [0, 0.05) is 16.7 Å². The molecule has 0 N–H and O–H groups in total. The normalized spacial score (nSPS) is 19.5. The minimum absolute atomic E-state index is 0.400. The Labute approximate surface area is 238 Å². The van der Waals surface area contributed by atoms with Gasteiger partial charge in [0.1, 0.15) is 0 Å². The van der Waals surface area contributed by atoms with Crippen LogP contribution in [0, 0.1) is 0 Å². The third kappa shape index (κ3) is 3.41. The maximum absolute atomic E-state index is 9.53. The van der Waals surface area contributed by atoms with Gasteiger partial charge in [0.15, 0.2) is 17.5 Å². The van der Waals surface area contributed by atoms with Crippen LogP contribution in [0.15, 0.2) is 127 Å². The van der Waals surface area contributed by atoms with E-state index in [-0.39, 0.29) is 0 Å². The molecule has 36 heavy (non-hydrogen) atoms. The van der Waals surface area contributed by atoms with E-state index in [1.807, 2.05) is 0 Å². The first-order valence-electron chi connectivity index (χ1n) is 20.8. The molecule has 0 aliphatic heterocycles. The van der Waals surface area contributed by atoms with Gasteiger partial charge >= 0.3 is 0 Å². The molecule has 6 aromatic carbocycles. The molecule has 0 amide bonds. The Hall–Kier alpha value is -4.89. The van der Waals surface area contributed by atoms with Gasteiger partial charge in [0.25, 0.3) is 0 Å². The summed E-state index contributed by atoms with van der Waals surface area (Å²) in [5.74, 6) is -2.23. The molecule has 0 aliphatic carbocycles. The molecule has 0 radical (unpaired) electrons. The predicted octanol–water partition coefficient (Wildman–Crippen LogP) is 8.33. The fourth-order valence-corrected chi connectivity index (χ4v) is 3.70. The molecule has 1 heterocycles. The van der Waals surface area contributed by atoms with Gasteiger partial charge in [0.2, 0.25) is 0 Å². The molecule has 3 heteroatoms. The van der Waals surface area contributed by atoms with Crippen LogP contribution in [0.2, 0.25) is 0 Å². The Morgan fingerprint density at radius 1 is 0.333 bits per heavy atom. The van der Waals surface area contributed by atoms with E-state index in [1.165, 1.54) is 0 Å². The lowest BCUT2D eigenvalue weighted by Gasteiger charge is -2.12. The third-order valence-corrected chi connectivity index (χ3v) is 5.24. The molecule has 0 unspecified atom stereocenters. The summed E-state index contributed by atoms with van der Waals surface area (Å²) < 4.78 is 180. The number of aromatic nitrogens is 3. The minimum atomic E-state index is -0.883. The van der Waals surface area contributed by atoms with Crippen LogP contribution in [0.3, 0.4) is 0 Å². The fourth-order valence-electron chi connectivity index (χ4n) is 3.70. The van der Waals surface area contributed by atoms with E-state index >= 15 is 0 Å². The zero-order valence-electron chi connectivity index (χ0n) is 38.8. The lowest BCUT2D eigenvalue weighted by Crippen LogP contribution is -2.00. The molecule has 0 spiro atoms. The van der Waals surface area contributed by atoms with Crippen molar-refractivity contribution in [2.24, 2.45) is 0 Å². The molecular formula is C33H21N3. The van der Waals surface area contributed by atoms with Gasteiger partial charge in [-0.1, -0.05) is 121 Å². The highest BCUT2D eigenvalue weighted by atomic mass is 15.0. The highest BCUT2D eigenvalue weighted by Crippen LogP contribution is 2.37. The minimum Gasteiger partial charge on any atom is -0.208 e. The smallest absolute Gasteiger partial charge is 0.164 e. The Morgan fingerprint density at radius 2 is 0.694 bits per heavy atom. The van der Waals surface area contributed by atoms with Crippen molar-refractivity contribution in [3.8, 4) is 34.2 Å². The van der Waals surface area contributed by atoms with Gasteiger partial charge in [-0.25, -0.2) is 15.0 Å². The zero-order valence-corrected chi connectivity index (χ0v) is 17.8. The van der Waals surface area contributed by atoms with Gasteiger partial charge in [0.05, 0.1) is 28.8 Å². The van der Waals surface area contributed by atoms with Gasteiger partial charge < -0.3 is 0 Å². The Kier molecular flexibility index (Phi) is 1.95. The van der Waals surface area contributed by atoms with Crippen LogP contribution in [0.5, 0.6) is 0 Å². The highest BCUT2D eigenvalue weighted by Gasteiger charge is 2.14. The molecular weight excluding hydrogens is 438 g/mol. The van der Waals surface area contributed by atoms with Gasteiger partial charge in [-0.15, -0.1) is 0 Å². The summed E-state index contributed by atoms with van der Waals surface area (Å²) in [4.78, 5) is 12.7. The second-order valence-corrected chi connectivity index (χ2v) is 7.31. The van der Waals surface area contributed by atoms with E-state index < -0.39 is 193 Å². The van der Waals surface area contributed by atoms with Crippen molar-refractivity contribution in [2.75, 3.05) is 0 Å². The van der Waals surface area contributed by atoms with E-state index in [4.69, 9.17) is 24.7 Å². The predicted molar refractivity (Wildman–Crippen MR) is 149 cm³/mol. The molecule has 0 saturated heterocycles. The fraction of sp³-hybridized carbons (Fsp3) is 0. The van der Waals surface area contributed by atoms with Crippen LogP contribution in [0.4, 0.5) is 0 Å². The molecule has 0 atom stereocenters. The van der Waals surface area contributed by atoms with Crippen molar-refractivity contribution in [1.82, 2.24) is 15.0 Å². The molecule has 0 saturated carbocycles. The van der Waals surface area contributed by atoms with E-state index in [2.05, 4.69) is 15.0 Å². The van der Waals surface area contributed by atoms with Crippen molar-refractivity contribution in [3.63, 3.8) is 0 Å². The van der Waals surface area contributed by atoms with E-state index in [1.54, 1.807) is 0 Å². The molecule has 3 nitrogen and oxygen atoms in total. The Morgan fingerprint density at radius 3 is 1.17 bits per heavy atom. The average molecular weight is 481 g/mol. The molecule has 1 aromatic heterocycles. The standard InChI is InChI=1S/C33H21N3/c1-3-11-22(12-4-1)31-34-32(23-13-5-2-6-14-23)36-33(35-31)24-19-20-29-27-17-8-7-15-25(27)26-16-9-10-18-28(26)30(29)21-24/h1-21H/i1D,2D,3D,4D,5D,6D,7D,8D,9D,10D,11D,12D,13D,14D,15D,16D,17D,18D,19D,20D,21D. The van der Waals surface area contributed by atoms with Crippen LogP contribution in [-0.4, -0.2) is 15.0 Å². The number of rotatable bonds is 3. The number of nitrogens with zero attached hydrogens (tertiary/aromatic N) is 3. The van der Waals surface area contributed by atoms with Crippen molar-refractivity contribution in [2.45, 2.75) is 0 Å². The zero-order chi connectivity index (χ0) is 42.2. The summed E-state index contributed by atoms with van der Waals surface area (Å²) in [5.41, 5.74) is -1.99. The monoisotopic (exact) mass is 480 g/mol. The highest BCUT2D eigenvalue weighted by molar-refractivity contribution is 6.25. The van der Waals surface area contributed by atoms with Gasteiger partial charge in [-0.3, -0.25) is 0 Å². The molecule has 0 aliphatic rings. The first-order chi connectivity index (χ1) is 26.6. The topological polar surface area (TPSA) is 38.7 Å². The lowest BCUT2D eigenvalue weighted by atomic mass is 9.93. The summed E-state index contributed by atoms with van der Waals surface area (Å²) in [6, 6.07) is -16.8. The molecule has 0 bridgehead atoms. The first-order valence-corrected chi connectivity index (χ1v) is 10.3. The quantitative estimate of drug-likeness (QED) is 0.239. The summed E-state index contributed by atoms with van der Waals surface area (Å²) in [5, 5.41) is -2.66. The molecule has 168 valence electrons. The van der Waals surface area contributed by atoms with Crippen LogP contribution < -0.4 is 0 Å². The number of hydrogen-bond donors (Lipinski definition) is 0. The van der Waals surface area contributed by atoms with Crippen molar-refractivity contribution < 1.29 is 28.8 Å². The Bertz CT molecular complexity index is 2850. The molecule has 7 aromatic rings.